The van der Waals surface area contributed by atoms with Crippen molar-refractivity contribution in [1.82, 2.24) is 10.2 Å². The van der Waals surface area contributed by atoms with Gasteiger partial charge in [-0.25, -0.2) is 4.79 Å². The first-order chi connectivity index (χ1) is 8.47. The summed E-state index contributed by atoms with van der Waals surface area (Å²) < 4.78 is 4.58. The van der Waals surface area contributed by atoms with Crippen LogP contribution in [0.3, 0.4) is 0 Å². The van der Waals surface area contributed by atoms with Gasteiger partial charge in [-0.15, -0.1) is 0 Å². The van der Waals surface area contributed by atoms with Gasteiger partial charge in [0.05, 0.1) is 7.11 Å². The summed E-state index contributed by atoms with van der Waals surface area (Å²) >= 11 is 0. The number of alkyl carbamates (subject to hydrolysis) is 1. The molecular weight excluding hydrogens is 232 g/mol. The van der Waals surface area contributed by atoms with E-state index in [9.17, 15) is 9.59 Å². The molecule has 2 amide bonds. The molecular formula is C13H22N2O3. The molecule has 0 aromatic heterocycles. The van der Waals surface area contributed by atoms with Crippen LogP contribution >= 0.6 is 0 Å². The van der Waals surface area contributed by atoms with Gasteiger partial charge in [0.1, 0.15) is 6.04 Å². The molecule has 1 spiro atoms. The molecule has 18 heavy (non-hydrogen) atoms. The van der Waals surface area contributed by atoms with Crippen LogP contribution in [0.25, 0.3) is 0 Å². The zero-order chi connectivity index (χ0) is 13.3. The Kier molecular flexibility index (Phi) is 3.50. The van der Waals surface area contributed by atoms with Gasteiger partial charge in [-0.3, -0.25) is 4.79 Å². The predicted molar refractivity (Wildman–Crippen MR) is 67.0 cm³/mol. The van der Waals surface area contributed by atoms with Gasteiger partial charge in [0, 0.05) is 13.1 Å². The molecule has 1 saturated heterocycles. The van der Waals surface area contributed by atoms with E-state index < -0.39 is 12.1 Å². The molecule has 2 fully saturated rings. The molecule has 1 aliphatic carbocycles. The Morgan fingerprint density at radius 1 is 1.28 bits per heavy atom. The van der Waals surface area contributed by atoms with E-state index in [4.69, 9.17) is 0 Å². The molecule has 1 aliphatic heterocycles. The van der Waals surface area contributed by atoms with E-state index in [1.807, 2.05) is 18.7 Å². The highest BCUT2D eigenvalue weighted by Crippen LogP contribution is 2.52. The lowest BCUT2D eigenvalue weighted by atomic mass is 10.0. The monoisotopic (exact) mass is 254 g/mol. The minimum absolute atomic E-state index is 0.0270. The number of amides is 2. The number of methoxy groups -OCH3 is 1. The molecule has 1 N–H and O–H groups in total. The largest absolute Gasteiger partial charge is 0.453 e. The molecule has 1 heterocycles. The number of nitrogens with one attached hydrogen (secondary N) is 1. The topological polar surface area (TPSA) is 58.6 Å². The standard InChI is InChI=1S/C13H22N2O3/c1-9(2)10(14-12(17)18-3)11(16)15-7-6-13(8-15)4-5-13/h9-10H,4-8H2,1-3H3,(H,14,17)/t10-/m0/s1. The lowest BCUT2D eigenvalue weighted by molar-refractivity contribution is -0.133. The van der Waals surface area contributed by atoms with Crippen molar-refractivity contribution in [3.8, 4) is 0 Å². The van der Waals surface area contributed by atoms with Crippen LogP contribution in [0, 0.1) is 11.3 Å². The van der Waals surface area contributed by atoms with Crippen molar-refractivity contribution in [3.63, 3.8) is 0 Å². The summed E-state index contributed by atoms with van der Waals surface area (Å²) in [6, 6.07) is -0.480. The highest BCUT2D eigenvalue weighted by atomic mass is 16.5. The highest BCUT2D eigenvalue weighted by Gasteiger charge is 2.49. The van der Waals surface area contributed by atoms with Crippen LogP contribution < -0.4 is 5.32 Å². The Labute approximate surface area is 108 Å². The minimum atomic E-state index is -0.539. The summed E-state index contributed by atoms with van der Waals surface area (Å²) in [6.45, 7) is 5.55. The number of rotatable bonds is 3. The lowest BCUT2D eigenvalue weighted by Gasteiger charge is -2.26. The molecule has 102 valence electrons. The normalized spacial score (nSPS) is 22.1. The van der Waals surface area contributed by atoms with Gasteiger partial charge in [-0.1, -0.05) is 13.8 Å². The Morgan fingerprint density at radius 3 is 2.39 bits per heavy atom. The van der Waals surface area contributed by atoms with Gasteiger partial charge in [0.25, 0.3) is 0 Å². The van der Waals surface area contributed by atoms with Gasteiger partial charge in [0.2, 0.25) is 5.91 Å². The number of carbonyl (C=O) groups is 2. The molecule has 1 atom stereocenters. The van der Waals surface area contributed by atoms with Gasteiger partial charge in [-0.05, 0) is 30.6 Å². The summed E-state index contributed by atoms with van der Waals surface area (Å²) in [5, 5.41) is 2.64. The van der Waals surface area contributed by atoms with Crippen molar-refractivity contribution < 1.29 is 14.3 Å². The van der Waals surface area contributed by atoms with Crippen LogP contribution in [0.15, 0.2) is 0 Å². The number of hydrogen-bond donors (Lipinski definition) is 1. The van der Waals surface area contributed by atoms with Crippen LogP contribution in [-0.4, -0.2) is 43.1 Å². The van der Waals surface area contributed by atoms with E-state index in [2.05, 4.69) is 10.1 Å². The van der Waals surface area contributed by atoms with E-state index in [-0.39, 0.29) is 11.8 Å². The third-order valence-electron chi connectivity index (χ3n) is 4.10. The minimum Gasteiger partial charge on any atom is -0.453 e. The van der Waals surface area contributed by atoms with Crippen molar-refractivity contribution in [2.45, 2.75) is 39.2 Å². The molecule has 5 nitrogen and oxygen atoms in total. The van der Waals surface area contributed by atoms with Crippen molar-refractivity contribution in [2.24, 2.45) is 11.3 Å². The van der Waals surface area contributed by atoms with Crippen molar-refractivity contribution in [1.29, 1.82) is 0 Å². The number of carbonyl (C=O) groups excluding carboxylic acids is 2. The van der Waals surface area contributed by atoms with E-state index in [0.29, 0.717) is 5.41 Å². The molecule has 2 rings (SSSR count). The summed E-state index contributed by atoms with van der Waals surface area (Å²) in [7, 11) is 1.31. The maximum absolute atomic E-state index is 12.4. The van der Waals surface area contributed by atoms with Crippen LogP contribution in [0.2, 0.25) is 0 Å². The van der Waals surface area contributed by atoms with Gasteiger partial charge >= 0.3 is 6.09 Å². The third kappa shape index (κ3) is 2.60. The maximum atomic E-state index is 12.4. The molecule has 0 aromatic carbocycles. The summed E-state index contributed by atoms with van der Waals surface area (Å²) in [5.41, 5.74) is 0.419. The van der Waals surface area contributed by atoms with Crippen LogP contribution in [0.1, 0.15) is 33.1 Å². The molecule has 0 radical (unpaired) electrons. The Balaban J connectivity index is 1.97. The molecule has 0 unspecified atom stereocenters. The molecule has 5 heteroatoms. The fraction of sp³-hybridized carbons (Fsp3) is 0.846. The van der Waals surface area contributed by atoms with Gasteiger partial charge in [-0.2, -0.15) is 0 Å². The van der Waals surface area contributed by atoms with Crippen molar-refractivity contribution in [2.75, 3.05) is 20.2 Å². The number of nitrogens with zero attached hydrogens (tertiary/aromatic N) is 1. The van der Waals surface area contributed by atoms with E-state index in [1.165, 1.54) is 20.0 Å². The molecule has 1 saturated carbocycles. The van der Waals surface area contributed by atoms with Gasteiger partial charge < -0.3 is 15.0 Å². The predicted octanol–water partition coefficient (Wildman–Crippen LogP) is 1.38. The highest BCUT2D eigenvalue weighted by molar-refractivity contribution is 5.86. The van der Waals surface area contributed by atoms with Crippen LogP contribution in [0.5, 0.6) is 0 Å². The zero-order valence-corrected chi connectivity index (χ0v) is 11.4. The maximum Gasteiger partial charge on any atom is 0.407 e. The second-order valence-electron chi connectivity index (χ2n) is 5.87. The number of hydrogen-bond acceptors (Lipinski definition) is 3. The Morgan fingerprint density at radius 2 is 1.94 bits per heavy atom. The smallest absolute Gasteiger partial charge is 0.407 e. The van der Waals surface area contributed by atoms with Crippen LogP contribution in [-0.2, 0) is 9.53 Å². The SMILES string of the molecule is COC(=O)N[C@H](C(=O)N1CCC2(CC2)C1)C(C)C. The lowest BCUT2D eigenvalue weighted by Crippen LogP contribution is -2.50. The first kappa shape index (κ1) is 13.2. The average Bonchev–Trinajstić information content (AvgIpc) is 2.95. The summed E-state index contributed by atoms with van der Waals surface area (Å²) in [5.74, 6) is 0.0894. The summed E-state index contributed by atoms with van der Waals surface area (Å²) in [6.07, 6.45) is 3.06. The fourth-order valence-corrected chi connectivity index (χ4v) is 2.60. The van der Waals surface area contributed by atoms with Crippen molar-refractivity contribution in [3.05, 3.63) is 0 Å². The fourth-order valence-electron chi connectivity index (χ4n) is 2.60. The second-order valence-corrected chi connectivity index (χ2v) is 5.87. The van der Waals surface area contributed by atoms with E-state index >= 15 is 0 Å². The van der Waals surface area contributed by atoms with Crippen LogP contribution in [0.4, 0.5) is 4.79 Å². The quantitative estimate of drug-likeness (QED) is 0.827. The van der Waals surface area contributed by atoms with Crippen molar-refractivity contribution >= 4 is 12.0 Å². The van der Waals surface area contributed by atoms with Gasteiger partial charge in [0.15, 0.2) is 0 Å². The number of ether oxygens (including phenoxy) is 1. The average molecular weight is 254 g/mol. The Hall–Kier alpha value is -1.26. The molecule has 0 bridgehead atoms. The van der Waals surface area contributed by atoms with E-state index in [0.717, 1.165) is 19.5 Å². The Bertz CT molecular complexity index is 350. The van der Waals surface area contributed by atoms with E-state index in [1.54, 1.807) is 0 Å². The molecule has 0 aromatic rings. The first-order valence-corrected chi connectivity index (χ1v) is 6.61. The summed E-state index contributed by atoms with van der Waals surface area (Å²) in [4.78, 5) is 25.6. The third-order valence-corrected chi connectivity index (χ3v) is 4.10. The number of likely N-dealkylation sites (tertiary alicyclic amines) is 1. The molecule has 2 aliphatic rings. The first-order valence-electron chi connectivity index (χ1n) is 6.61. The zero-order valence-electron chi connectivity index (χ0n) is 11.4. The second kappa shape index (κ2) is 4.78.